The van der Waals surface area contributed by atoms with Crippen LogP contribution < -0.4 is 5.32 Å². The summed E-state index contributed by atoms with van der Waals surface area (Å²) in [7, 11) is 0. The molecule has 1 amide bonds. The van der Waals surface area contributed by atoms with E-state index in [0.717, 1.165) is 21.9 Å². The lowest BCUT2D eigenvalue weighted by Crippen LogP contribution is -2.13. The van der Waals surface area contributed by atoms with Crippen molar-refractivity contribution in [3.63, 3.8) is 0 Å². The largest absolute Gasteiger partial charge is 0.324 e. The summed E-state index contributed by atoms with van der Waals surface area (Å²) in [6.07, 6.45) is 3.92. The molecule has 28 heavy (non-hydrogen) atoms. The second-order valence-corrected chi connectivity index (χ2v) is 7.04. The number of anilines is 1. The summed E-state index contributed by atoms with van der Waals surface area (Å²) in [6.45, 7) is 0. The predicted molar refractivity (Wildman–Crippen MR) is 110 cm³/mol. The molecule has 0 aliphatic carbocycles. The van der Waals surface area contributed by atoms with E-state index in [2.05, 4.69) is 15.4 Å². The van der Waals surface area contributed by atoms with E-state index in [0.29, 0.717) is 11.5 Å². The van der Waals surface area contributed by atoms with Gasteiger partial charge in [-0.2, -0.15) is 4.98 Å². The number of fused-ring (bicyclic) bond motifs is 1. The fourth-order valence-electron chi connectivity index (χ4n) is 3.01. The van der Waals surface area contributed by atoms with Crippen LogP contribution in [0.4, 0.5) is 5.95 Å². The lowest BCUT2D eigenvalue weighted by molar-refractivity contribution is 0.102. The maximum Gasteiger partial charge on any atom is 0.258 e. The van der Waals surface area contributed by atoms with Gasteiger partial charge in [-0.1, -0.05) is 30.3 Å². The number of carbonyl (C=O) groups excluding carboxylic acids is 1. The monoisotopic (exact) mass is 385 g/mol. The predicted octanol–water partition coefficient (Wildman–Crippen LogP) is 4.50. The Balaban J connectivity index is 1.38. The fraction of sp³-hybridized carbons (Fsp3) is 0. The van der Waals surface area contributed by atoms with Crippen molar-refractivity contribution >= 4 is 28.2 Å². The topological polar surface area (TPSA) is 64.2 Å². The van der Waals surface area contributed by atoms with Crippen LogP contribution >= 0.6 is 11.3 Å². The minimum atomic E-state index is -0.237. The standard InChI is InChI=1S/C21H15N5OS/c27-19(16-8-10-17(11-9-16)25-12-4-5-13-25)22-20-23-21-26(24-20)18(14-28-21)15-6-2-1-3-7-15/h1-14H,(H,22,24,27). The van der Waals surface area contributed by atoms with E-state index in [1.54, 1.807) is 16.6 Å². The van der Waals surface area contributed by atoms with Gasteiger partial charge in [0.15, 0.2) is 0 Å². The Morgan fingerprint density at radius 3 is 2.43 bits per heavy atom. The van der Waals surface area contributed by atoms with E-state index in [-0.39, 0.29) is 5.91 Å². The molecule has 6 nitrogen and oxygen atoms in total. The second kappa shape index (κ2) is 6.79. The van der Waals surface area contributed by atoms with Gasteiger partial charge in [-0.05, 0) is 36.4 Å². The van der Waals surface area contributed by atoms with Gasteiger partial charge in [0.1, 0.15) is 0 Å². The van der Waals surface area contributed by atoms with Crippen molar-refractivity contribution in [1.82, 2.24) is 19.2 Å². The molecule has 3 heterocycles. The number of rotatable bonds is 4. The molecule has 5 rings (SSSR count). The highest BCUT2D eigenvalue weighted by Crippen LogP contribution is 2.25. The Morgan fingerprint density at radius 2 is 1.68 bits per heavy atom. The van der Waals surface area contributed by atoms with E-state index in [1.165, 1.54) is 11.3 Å². The molecule has 0 unspecified atom stereocenters. The molecule has 3 aromatic heterocycles. The number of amides is 1. The molecule has 0 spiro atoms. The smallest absolute Gasteiger partial charge is 0.258 e. The number of benzene rings is 2. The van der Waals surface area contributed by atoms with Crippen LogP contribution in [-0.2, 0) is 0 Å². The molecule has 0 atom stereocenters. The molecule has 5 aromatic rings. The van der Waals surface area contributed by atoms with Gasteiger partial charge in [0.2, 0.25) is 4.96 Å². The first-order valence-electron chi connectivity index (χ1n) is 8.72. The van der Waals surface area contributed by atoms with Crippen molar-refractivity contribution in [3.05, 3.63) is 90.1 Å². The van der Waals surface area contributed by atoms with Crippen LogP contribution in [0.25, 0.3) is 21.9 Å². The second-order valence-electron chi connectivity index (χ2n) is 6.21. The minimum Gasteiger partial charge on any atom is -0.324 e. The quantitative estimate of drug-likeness (QED) is 0.495. The molecule has 7 heteroatoms. The average Bonchev–Trinajstić information content (AvgIpc) is 3.46. The first-order chi connectivity index (χ1) is 13.8. The zero-order chi connectivity index (χ0) is 18.9. The van der Waals surface area contributed by atoms with E-state index >= 15 is 0 Å². The van der Waals surface area contributed by atoms with Gasteiger partial charge in [-0.3, -0.25) is 10.1 Å². The summed E-state index contributed by atoms with van der Waals surface area (Å²) in [4.78, 5) is 17.7. The normalized spacial score (nSPS) is 11.0. The molecule has 2 aromatic carbocycles. The van der Waals surface area contributed by atoms with Crippen molar-refractivity contribution in [2.75, 3.05) is 5.32 Å². The summed E-state index contributed by atoms with van der Waals surface area (Å²) in [5.41, 5.74) is 3.55. The Morgan fingerprint density at radius 1 is 0.929 bits per heavy atom. The van der Waals surface area contributed by atoms with Crippen molar-refractivity contribution < 1.29 is 4.79 Å². The Labute approximate surface area is 164 Å². The molecular formula is C21H15N5OS. The zero-order valence-electron chi connectivity index (χ0n) is 14.7. The molecule has 0 saturated carbocycles. The number of thiazole rings is 1. The number of nitrogens with zero attached hydrogens (tertiary/aromatic N) is 4. The van der Waals surface area contributed by atoms with Crippen LogP contribution in [0, 0.1) is 0 Å². The number of hydrogen-bond donors (Lipinski definition) is 1. The molecular weight excluding hydrogens is 370 g/mol. The summed E-state index contributed by atoms with van der Waals surface area (Å²) in [5, 5.41) is 9.25. The van der Waals surface area contributed by atoms with Gasteiger partial charge in [0, 0.05) is 34.6 Å². The molecule has 0 aliphatic rings. The van der Waals surface area contributed by atoms with Crippen molar-refractivity contribution in [1.29, 1.82) is 0 Å². The maximum absolute atomic E-state index is 12.6. The number of aromatic nitrogens is 4. The van der Waals surface area contributed by atoms with Gasteiger partial charge in [-0.15, -0.1) is 16.4 Å². The summed E-state index contributed by atoms with van der Waals surface area (Å²) in [6, 6.07) is 21.3. The van der Waals surface area contributed by atoms with Gasteiger partial charge in [0.25, 0.3) is 11.9 Å². The van der Waals surface area contributed by atoms with Crippen molar-refractivity contribution in [2.45, 2.75) is 0 Å². The first kappa shape index (κ1) is 16.5. The third-order valence-electron chi connectivity index (χ3n) is 4.41. The van der Waals surface area contributed by atoms with Crippen molar-refractivity contribution in [2.24, 2.45) is 0 Å². The lowest BCUT2D eigenvalue weighted by atomic mass is 10.2. The SMILES string of the molecule is O=C(Nc1nc2scc(-c3ccccc3)n2n1)c1ccc(-n2cccc2)cc1. The van der Waals surface area contributed by atoms with E-state index in [1.807, 2.05) is 76.9 Å². The Hall–Kier alpha value is -3.71. The number of carbonyl (C=O) groups is 1. The third kappa shape index (κ3) is 2.97. The van der Waals surface area contributed by atoms with E-state index < -0.39 is 0 Å². The molecule has 0 bridgehead atoms. The highest BCUT2D eigenvalue weighted by molar-refractivity contribution is 7.15. The summed E-state index contributed by atoms with van der Waals surface area (Å²) >= 11 is 1.49. The maximum atomic E-state index is 12.6. The summed E-state index contributed by atoms with van der Waals surface area (Å²) in [5.74, 6) is 0.0575. The number of hydrogen-bond acceptors (Lipinski definition) is 4. The number of nitrogens with one attached hydrogen (secondary N) is 1. The zero-order valence-corrected chi connectivity index (χ0v) is 15.5. The molecule has 1 N–H and O–H groups in total. The van der Waals surface area contributed by atoms with Crippen LogP contribution in [0.5, 0.6) is 0 Å². The van der Waals surface area contributed by atoms with Crippen molar-refractivity contribution in [3.8, 4) is 16.9 Å². The molecule has 136 valence electrons. The van der Waals surface area contributed by atoms with Gasteiger partial charge in [-0.25, -0.2) is 4.52 Å². The van der Waals surface area contributed by atoms with E-state index in [9.17, 15) is 4.79 Å². The fourth-order valence-corrected chi connectivity index (χ4v) is 3.84. The van der Waals surface area contributed by atoms with Crippen LogP contribution in [0.3, 0.4) is 0 Å². The van der Waals surface area contributed by atoms with Gasteiger partial charge < -0.3 is 4.57 Å². The van der Waals surface area contributed by atoms with Crippen LogP contribution in [-0.4, -0.2) is 25.1 Å². The Kier molecular flexibility index (Phi) is 3.99. The molecule has 0 fully saturated rings. The van der Waals surface area contributed by atoms with Crippen LogP contribution in [0.2, 0.25) is 0 Å². The highest BCUT2D eigenvalue weighted by Gasteiger charge is 2.14. The van der Waals surface area contributed by atoms with Gasteiger partial charge in [0.05, 0.1) is 5.69 Å². The minimum absolute atomic E-state index is 0.237. The van der Waals surface area contributed by atoms with Gasteiger partial charge >= 0.3 is 0 Å². The lowest BCUT2D eigenvalue weighted by Gasteiger charge is -2.05. The average molecular weight is 385 g/mol. The summed E-state index contributed by atoms with van der Waals surface area (Å²) < 4.78 is 3.74. The Bertz CT molecular complexity index is 1240. The highest BCUT2D eigenvalue weighted by atomic mass is 32.1. The molecule has 0 radical (unpaired) electrons. The van der Waals surface area contributed by atoms with Crippen LogP contribution in [0.1, 0.15) is 10.4 Å². The van der Waals surface area contributed by atoms with E-state index in [4.69, 9.17) is 0 Å². The molecule has 0 saturated heterocycles. The first-order valence-corrected chi connectivity index (χ1v) is 9.60. The molecule has 0 aliphatic heterocycles. The van der Waals surface area contributed by atoms with Crippen LogP contribution in [0.15, 0.2) is 84.5 Å². The third-order valence-corrected chi connectivity index (χ3v) is 5.22.